The van der Waals surface area contributed by atoms with Gasteiger partial charge in [-0.1, -0.05) is 19.8 Å². The summed E-state index contributed by atoms with van der Waals surface area (Å²) in [5.74, 6) is 1.76. The number of hydrogen-bond acceptors (Lipinski definition) is 3. The zero-order valence-electron chi connectivity index (χ0n) is 11.3. The first-order valence-electron chi connectivity index (χ1n) is 7.16. The molecule has 1 aliphatic carbocycles. The number of aromatic nitrogens is 1. The maximum absolute atomic E-state index is 5.97. The van der Waals surface area contributed by atoms with E-state index in [2.05, 4.69) is 17.2 Å². The Labute approximate surface area is 110 Å². The number of nitrogens with one attached hydrogen (secondary N) is 1. The third-order valence-corrected chi connectivity index (χ3v) is 3.55. The van der Waals surface area contributed by atoms with Crippen molar-refractivity contribution >= 4 is 0 Å². The lowest BCUT2D eigenvalue weighted by atomic mass is 10.1. The first-order chi connectivity index (χ1) is 8.90. The molecule has 3 heteroatoms. The van der Waals surface area contributed by atoms with Crippen LogP contribution >= 0.6 is 0 Å². The van der Waals surface area contributed by atoms with Crippen molar-refractivity contribution in [1.82, 2.24) is 10.3 Å². The summed E-state index contributed by atoms with van der Waals surface area (Å²) >= 11 is 0. The lowest BCUT2D eigenvalue weighted by molar-refractivity contribution is 0.249. The Morgan fingerprint density at radius 3 is 3.00 bits per heavy atom. The van der Waals surface area contributed by atoms with E-state index in [1.165, 1.54) is 31.2 Å². The predicted molar refractivity (Wildman–Crippen MR) is 73.7 cm³/mol. The Bertz CT molecular complexity index is 348. The van der Waals surface area contributed by atoms with Crippen LogP contribution in [0.1, 0.15) is 44.6 Å². The van der Waals surface area contributed by atoms with E-state index in [4.69, 9.17) is 4.74 Å². The average Bonchev–Trinajstić information content (AvgIpc) is 2.91. The molecule has 0 aliphatic heterocycles. The van der Waals surface area contributed by atoms with Gasteiger partial charge in [0.25, 0.3) is 0 Å². The number of pyridine rings is 1. The van der Waals surface area contributed by atoms with E-state index in [0.29, 0.717) is 0 Å². The van der Waals surface area contributed by atoms with E-state index >= 15 is 0 Å². The topological polar surface area (TPSA) is 34.2 Å². The summed E-state index contributed by atoms with van der Waals surface area (Å²) < 4.78 is 5.97. The molecular weight excluding hydrogens is 224 g/mol. The van der Waals surface area contributed by atoms with E-state index in [-0.39, 0.29) is 0 Å². The molecule has 0 bridgehead atoms. The van der Waals surface area contributed by atoms with E-state index in [1.54, 1.807) is 0 Å². The van der Waals surface area contributed by atoms with Crippen molar-refractivity contribution in [2.24, 2.45) is 5.92 Å². The molecule has 1 fully saturated rings. The molecule has 0 amide bonds. The Hall–Kier alpha value is -1.09. The van der Waals surface area contributed by atoms with E-state index in [1.807, 2.05) is 18.5 Å². The number of nitrogens with zero attached hydrogens (tertiary/aromatic N) is 1. The molecule has 1 aromatic rings. The molecular formula is C15H24N2O. The van der Waals surface area contributed by atoms with Gasteiger partial charge < -0.3 is 10.1 Å². The normalized spacial score (nSPS) is 16.1. The highest BCUT2D eigenvalue weighted by molar-refractivity contribution is 5.29. The number of ether oxygens (including phenoxy) is 1. The molecule has 1 saturated carbocycles. The number of hydrogen-bond donors (Lipinski definition) is 1. The molecule has 18 heavy (non-hydrogen) atoms. The molecule has 1 heterocycles. The van der Waals surface area contributed by atoms with Crippen LogP contribution in [0.15, 0.2) is 18.5 Å². The molecule has 2 rings (SSSR count). The van der Waals surface area contributed by atoms with Gasteiger partial charge in [-0.05, 0) is 37.8 Å². The van der Waals surface area contributed by atoms with Gasteiger partial charge in [-0.2, -0.15) is 0 Å². The first kappa shape index (κ1) is 13.3. The van der Waals surface area contributed by atoms with Crippen LogP contribution in [0, 0.1) is 5.92 Å². The Morgan fingerprint density at radius 1 is 1.39 bits per heavy atom. The Morgan fingerprint density at radius 2 is 2.22 bits per heavy atom. The van der Waals surface area contributed by atoms with Crippen LogP contribution in [0.5, 0.6) is 5.75 Å². The zero-order chi connectivity index (χ0) is 12.6. The largest absolute Gasteiger partial charge is 0.493 e. The van der Waals surface area contributed by atoms with Crippen LogP contribution in [-0.2, 0) is 6.54 Å². The quantitative estimate of drug-likeness (QED) is 0.753. The molecule has 100 valence electrons. The van der Waals surface area contributed by atoms with Crippen molar-refractivity contribution in [3.8, 4) is 5.75 Å². The second-order valence-electron chi connectivity index (χ2n) is 5.12. The highest BCUT2D eigenvalue weighted by Gasteiger charge is 2.16. The molecule has 1 aliphatic rings. The third kappa shape index (κ3) is 3.98. The molecule has 3 nitrogen and oxygen atoms in total. The summed E-state index contributed by atoms with van der Waals surface area (Å²) in [6.07, 6.45) is 10.3. The molecule has 1 N–H and O–H groups in total. The van der Waals surface area contributed by atoms with Crippen molar-refractivity contribution in [2.45, 2.75) is 45.6 Å². The lowest BCUT2D eigenvalue weighted by Gasteiger charge is -2.14. The van der Waals surface area contributed by atoms with Gasteiger partial charge >= 0.3 is 0 Å². The number of rotatable bonds is 7. The standard InChI is InChI=1S/C15H24N2O/c1-2-8-16-10-14-11-17-9-7-15(14)18-12-13-5-3-4-6-13/h7,9,11,13,16H,2-6,8,10,12H2,1H3. The molecule has 0 saturated heterocycles. The molecule has 0 aromatic carbocycles. The third-order valence-electron chi connectivity index (χ3n) is 3.55. The fraction of sp³-hybridized carbons (Fsp3) is 0.667. The summed E-state index contributed by atoms with van der Waals surface area (Å²) in [6, 6.07) is 1.98. The summed E-state index contributed by atoms with van der Waals surface area (Å²) in [4.78, 5) is 4.18. The van der Waals surface area contributed by atoms with Gasteiger partial charge in [0.2, 0.25) is 0 Å². The van der Waals surface area contributed by atoms with Crippen molar-refractivity contribution in [1.29, 1.82) is 0 Å². The SMILES string of the molecule is CCCNCc1cnccc1OCC1CCCC1. The van der Waals surface area contributed by atoms with Gasteiger partial charge in [0.15, 0.2) is 0 Å². The van der Waals surface area contributed by atoms with E-state index in [0.717, 1.165) is 37.8 Å². The van der Waals surface area contributed by atoms with Gasteiger partial charge in [0.05, 0.1) is 6.61 Å². The van der Waals surface area contributed by atoms with Crippen molar-refractivity contribution < 1.29 is 4.74 Å². The van der Waals surface area contributed by atoms with Crippen molar-refractivity contribution in [3.05, 3.63) is 24.0 Å². The summed E-state index contributed by atoms with van der Waals surface area (Å²) in [5, 5.41) is 3.40. The van der Waals surface area contributed by atoms with E-state index < -0.39 is 0 Å². The minimum Gasteiger partial charge on any atom is -0.493 e. The zero-order valence-corrected chi connectivity index (χ0v) is 11.3. The van der Waals surface area contributed by atoms with Crippen molar-refractivity contribution in [3.63, 3.8) is 0 Å². The van der Waals surface area contributed by atoms with Gasteiger partial charge in [0, 0.05) is 24.5 Å². The maximum Gasteiger partial charge on any atom is 0.126 e. The van der Waals surface area contributed by atoms with Gasteiger partial charge in [-0.15, -0.1) is 0 Å². The molecule has 0 radical (unpaired) electrons. The Kier molecular flexibility index (Phi) is 5.46. The molecule has 0 spiro atoms. The second kappa shape index (κ2) is 7.37. The van der Waals surface area contributed by atoms with Gasteiger partial charge in [-0.3, -0.25) is 4.98 Å². The summed E-state index contributed by atoms with van der Waals surface area (Å²) in [6.45, 7) is 4.93. The summed E-state index contributed by atoms with van der Waals surface area (Å²) in [7, 11) is 0. The monoisotopic (exact) mass is 248 g/mol. The van der Waals surface area contributed by atoms with Crippen molar-refractivity contribution in [2.75, 3.05) is 13.2 Å². The van der Waals surface area contributed by atoms with E-state index in [9.17, 15) is 0 Å². The maximum atomic E-state index is 5.97. The smallest absolute Gasteiger partial charge is 0.126 e. The van der Waals surface area contributed by atoms with Gasteiger partial charge in [0.1, 0.15) is 5.75 Å². The second-order valence-corrected chi connectivity index (χ2v) is 5.12. The highest BCUT2D eigenvalue weighted by atomic mass is 16.5. The average molecular weight is 248 g/mol. The van der Waals surface area contributed by atoms with Crippen LogP contribution in [0.3, 0.4) is 0 Å². The minimum absolute atomic E-state index is 0.759. The fourth-order valence-corrected chi connectivity index (χ4v) is 2.47. The van der Waals surface area contributed by atoms with Crippen LogP contribution in [0.2, 0.25) is 0 Å². The van der Waals surface area contributed by atoms with Crippen LogP contribution < -0.4 is 10.1 Å². The minimum atomic E-state index is 0.759. The lowest BCUT2D eigenvalue weighted by Crippen LogP contribution is -2.16. The molecule has 0 unspecified atom stereocenters. The summed E-state index contributed by atoms with van der Waals surface area (Å²) in [5.41, 5.74) is 1.17. The van der Waals surface area contributed by atoms with Crippen LogP contribution in [0.4, 0.5) is 0 Å². The molecule has 0 atom stereocenters. The molecule has 1 aromatic heterocycles. The van der Waals surface area contributed by atoms with Crippen LogP contribution in [0.25, 0.3) is 0 Å². The first-order valence-corrected chi connectivity index (χ1v) is 7.16. The fourth-order valence-electron chi connectivity index (χ4n) is 2.47. The highest BCUT2D eigenvalue weighted by Crippen LogP contribution is 2.26. The van der Waals surface area contributed by atoms with Crippen LogP contribution in [-0.4, -0.2) is 18.1 Å². The predicted octanol–water partition coefficient (Wildman–Crippen LogP) is 3.15. The Balaban J connectivity index is 1.85. The van der Waals surface area contributed by atoms with Gasteiger partial charge in [-0.25, -0.2) is 0 Å².